The second-order valence-corrected chi connectivity index (χ2v) is 7.05. The number of ether oxygens (including phenoxy) is 1. The van der Waals surface area contributed by atoms with Crippen LogP contribution in [0.25, 0.3) is 0 Å². The quantitative estimate of drug-likeness (QED) is 0.127. The van der Waals surface area contributed by atoms with E-state index in [0.29, 0.717) is 23.6 Å². The van der Waals surface area contributed by atoms with Gasteiger partial charge in [-0.2, -0.15) is 5.10 Å². The number of amidine groups is 1. The predicted octanol–water partition coefficient (Wildman–Crippen LogP) is -0.685. The Balaban J connectivity index is 1.78. The number of hydrogen-bond acceptors (Lipinski definition) is 7. The van der Waals surface area contributed by atoms with Crippen molar-refractivity contribution in [3.63, 3.8) is 0 Å². The molecule has 1 saturated heterocycles. The summed E-state index contributed by atoms with van der Waals surface area (Å²) in [6.07, 6.45) is 6.00. The van der Waals surface area contributed by atoms with Crippen molar-refractivity contribution in [2.45, 2.75) is 51.0 Å². The Morgan fingerprint density at radius 3 is 2.68 bits per heavy atom. The number of carbonyl (C=O) groups is 2. The lowest BCUT2D eigenvalue weighted by Gasteiger charge is -2.42. The first kappa shape index (κ1) is 19.5. The number of amides is 1. The second-order valence-electron chi connectivity index (χ2n) is 7.05. The number of primary amides is 1. The van der Waals surface area contributed by atoms with E-state index in [-0.39, 0.29) is 25.0 Å². The summed E-state index contributed by atoms with van der Waals surface area (Å²) in [7, 11) is 0. The van der Waals surface area contributed by atoms with Crippen LogP contribution in [0.2, 0.25) is 0 Å². The molecule has 0 aromatic heterocycles. The molecule has 1 saturated carbocycles. The number of hydrazone groups is 1. The van der Waals surface area contributed by atoms with Gasteiger partial charge >= 0.3 is 5.97 Å². The van der Waals surface area contributed by atoms with Crippen LogP contribution in [-0.4, -0.2) is 36.9 Å². The van der Waals surface area contributed by atoms with Gasteiger partial charge in [0.05, 0.1) is 6.42 Å². The highest BCUT2D eigenvalue weighted by molar-refractivity contribution is 5.80. The smallest absolute Gasteiger partial charge is 0.323 e. The van der Waals surface area contributed by atoms with Crippen LogP contribution in [-0.2, 0) is 14.3 Å². The summed E-state index contributed by atoms with van der Waals surface area (Å²) >= 11 is 0. The molecule has 142 valence electrons. The van der Waals surface area contributed by atoms with E-state index in [0.717, 1.165) is 38.6 Å². The molecule has 8 N–H and O–H groups in total. The average Bonchev–Trinajstić information content (AvgIpc) is 2.59. The van der Waals surface area contributed by atoms with E-state index in [1.165, 1.54) is 6.42 Å². The Morgan fingerprint density at radius 1 is 1.16 bits per heavy atom. The number of esters is 1. The van der Waals surface area contributed by atoms with Crippen LogP contribution >= 0.6 is 0 Å². The molecule has 2 aliphatic rings. The van der Waals surface area contributed by atoms with Gasteiger partial charge in [0.15, 0.2) is 0 Å². The van der Waals surface area contributed by atoms with Gasteiger partial charge in [0.25, 0.3) is 0 Å². The first-order chi connectivity index (χ1) is 12.0. The minimum atomic E-state index is -0.466. The van der Waals surface area contributed by atoms with Crippen molar-refractivity contribution >= 4 is 17.7 Å². The van der Waals surface area contributed by atoms with Crippen LogP contribution in [0.4, 0.5) is 0 Å². The molecule has 9 heteroatoms. The number of hydrazine groups is 1. The van der Waals surface area contributed by atoms with Crippen LogP contribution in [0, 0.1) is 17.8 Å². The molecule has 1 aliphatic heterocycles. The fraction of sp³-hybridized carbons (Fsp3) is 0.812. The minimum absolute atomic E-state index is 0.0524. The van der Waals surface area contributed by atoms with E-state index in [4.69, 9.17) is 22.0 Å². The van der Waals surface area contributed by atoms with Crippen LogP contribution in [0.15, 0.2) is 5.10 Å². The highest BCUT2D eigenvalue weighted by atomic mass is 16.5. The predicted molar refractivity (Wildman–Crippen MR) is 93.7 cm³/mol. The van der Waals surface area contributed by atoms with Gasteiger partial charge in [0.2, 0.25) is 5.91 Å². The Kier molecular flexibility index (Phi) is 7.45. The molecule has 0 radical (unpaired) electrons. The largest absolute Gasteiger partial charge is 0.464 e. The third kappa shape index (κ3) is 6.17. The first-order valence-corrected chi connectivity index (χ1v) is 8.95. The van der Waals surface area contributed by atoms with Crippen LogP contribution in [0.3, 0.4) is 0 Å². The highest BCUT2D eigenvalue weighted by Crippen LogP contribution is 2.40. The standard InChI is InChI=1S/C16H30N6O3/c17-14(21-22-19)4-2-10-1-3-11-9-20-13(8-12(11)7-10)16(24)25-6-5-15(18)23/h10-13,20,22H,1-9,19H2,(H2,17,21)(H2,18,23). The summed E-state index contributed by atoms with van der Waals surface area (Å²) in [4.78, 5) is 22.9. The van der Waals surface area contributed by atoms with E-state index in [9.17, 15) is 9.59 Å². The molecule has 9 nitrogen and oxygen atoms in total. The second kappa shape index (κ2) is 9.57. The summed E-state index contributed by atoms with van der Waals surface area (Å²) < 4.78 is 5.15. The first-order valence-electron chi connectivity index (χ1n) is 8.95. The Labute approximate surface area is 148 Å². The molecule has 0 bridgehead atoms. The van der Waals surface area contributed by atoms with E-state index in [1.807, 2.05) is 0 Å². The fourth-order valence-electron chi connectivity index (χ4n) is 3.95. The van der Waals surface area contributed by atoms with Gasteiger partial charge in [-0.05, 0) is 50.0 Å². The van der Waals surface area contributed by atoms with Crippen molar-refractivity contribution in [3.05, 3.63) is 0 Å². The number of hydrogen-bond donors (Lipinski definition) is 5. The van der Waals surface area contributed by atoms with Crippen molar-refractivity contribution < 1.29 is 14.3 Å². The zero-order valence-corrected chi connectivity index (χ0v) is 14.6. The van der Waals surface area contributed by atoms with Crippen LogP contribution in [0.1, 0.15) is 44.9 Å². The summed E-state index contributed by atoms with van der Waals surface area (Å²) in [5.74, 6) is 6.62. The molecule has 0 aromatic rings. The van der Waals surface area contributed by atoms with E-state index < -0.39 is 5.91 Å². The summed E-state index contributed by atoms with van der Waals surface area (Å²) in [6.45, 7) is 0.893. The normalized spacial score (nSPS) is 29.6. The lowest BCUT2D eigenvalue weighted by atomic mass is 9.69. The van der Waals surface area contributed by atoms with Gasteiger partial charge in [0.1, 0.15) is 18.5 Å². The SMILES string of the molecule is NN/N=C(\N)CCC1CCC2CNC(C(=O)OCCC(N)=O)CC2C1. The average molecular weight is 354 g/mol. The molecule has 4 atom stereocenters. The molecule has 1 aliphatic carbocycles. The number of rotatable bonds is 8. The maximum Gasteiger partial charge on any atom is 0.323 e. The lowest BCUT2D eigenvalue weighted by molar-refractivity contribution is -0.148. The van der Waals surface area contributed by atoms with Gasteiger partial charge in [-0.25, -0.2) is 11.4 Å². The molecular weight excluding hydrogens is 324 g/mol. The lowest BCUT2D eigenvalue weighted by Crippen LogP contribution is -2.50. The zero-order valence-electron chi connectivity index (χ0n) is 14.6. The van der Waals surface area contributed by atoms with E-state index >= 15 is 0 Å². The summed E-state index contributed by atoms with van der Waals surface area (Å²) in [5.41, 5.74) is 13.0. The molecule has 4 unspecified atom stereocenters. The molecule has 2 rings (SSSR count). The monoisotopic (exact) mass is 354 g/mol. The summed E-state index contributed by atoms with van der Waals surface area (Å²) in [6, 6.07) is -0.291. The third-order valence-electron chi connectivity index (χ3n) is 5.31. The fourth-order valence-corrected chi connectivity index (χ4v) is 3.95. The maximum atomic E-state index is 12.1. The van der Waals surface area contributed by atoms with E-state index in [2.05, 4.69) is 16.0 Å². The number of fused-ring (bicyclic) bond motifs is 1. The van der Waals surface area contributed by atoms with Crippen molar-refractivity contribution in [2.75, 3.05) is 13.2 Å². The number of carbonyl (C=O) groups excluding carboxylic acids is 2. The Hall–Kier alpha value is -1.87. The molecule has 0 aromatic carbocycles. The van der Waals surface area contributed by atoms with Gasteiger partial charge in [-0.3, -0.25) is 9.59 Å². The summed E-state index contributed by atoms with van der Waals surface area (Å²) in [5, 5.41) is 7.07. The van der Waals surface area contributed by atoms with Crippen LogP contribution < -0.4 is 28.2 Å². The highest BCUT2D eigenvalue weighted by Gasteiger charge is 2.38. The number of nitrogens with two attached hydrogens (primary N) is 3. The molecule has 25 heavy (non-hydrogen) atoms. The maximum absolute atomic E-state index is 12.1. The molecule has 0 spiro atoms. The van der Waals surface area contributed by atoms with Crippen molar-refractivity contribution in [2.24, 2.45) is 40.2 Å². The Morgan fingerprint density at radius 2 is 1.96 bits per heavy atom. The van der Waals surface area contributed by atoms with Gasteiger partial charge in [-0.1, -0.05) is 6.42 Å². The minimum Gasteiger partial charge on any atom is -0.464 e. The number of nitrogens with one attached hydrogen (secondary N) is 2. The number of piperidine rings is 1. The van der Waals surface area contributed by atoms with Crippen LogP contribution in [0.5, 0.6) is 0 Å². The molecule has 1 amide bonds. The molecular formula is C16H30N6O3. The molecule has 2 fully saturated rings. The van der Waals surface area contributed by atoms with Crippen molar-refractivity contribution in [1.29, 1.82) is 0 Å². The zero-order chi connectivity index (χ0) is 18.2. The van der Waals surface area contributed by atoms with E-state index in [1.54, 1.807) is 0 Å². The topological polar surface area (TPSA) is 158 Å². The van der Waals surface area contributed by atoms with Crippen molar-refractivity contribution in [1.82, 2.24) is 10.9 Å². The van der Waals surface area contributed by atoms with Gasteiger partial charge in [-0.15, -0.1) is 0 Å². The third-order valence-corrected chi connectivity index (χ3v) is 5.31. The van der Waals surface area contributed by atoms with Gasteiger partial charge in [0, 0.05) is 6.42 Å². The van der Waals surface area contributed by atoms with Gasteiger partial charge < -0.3 is 21.5 Å². The van der Waals surface area contributed by atoms with Crippen molar-refractivity contribution in [3.8, 4) is 0 Å². The molecule has 1 heterocycles. The Bertz CT molecular complexity index is 498. The number of nitrogens with zero attached hydrogens (tertiary/aromatic N) is 1.